The van der Waals surface area contributed by atoms with Crippen LogP contribution in [0.3, 0.4) is 0 Å². The summed E-state index contributed by atoms with van der Waals surface area (Å²) < 4.78 is 24.8. The molecule has 0 atom stereocenters. The quantitative estimate of drug-likeness (QED) is 0.632. The molecule has 1 aromatic heterocycles. The predicted molar refractivity (Wildman–Crippen MR) is 62.9 cm³/mol. The molecule has 2 rings (SSSR count). The smallest absolute Gasteiger partial charge is 0.358 e. The highest BCUT2D eigenvalue weighted by molar-refractivity contribution is 7.90. The third-order valence-electron chi connectivity index (χ3n) is 2.12. The number of rotatable bonds is 3. The maximum absolute atomic E-state index is 12.0. The molecule has 2 aromatic rings. The Kier molecular flexibility index (Phi) is 3.05. The van der Waals surface area contributed by atoms with Crippen molar-refractivity contribution in [2.24, 2.45) is 0 Å². The molecule has 0 aliphatic heterocycles. The van der Waals surface area contributed by atoms with Gasteiger partial charge in [-0.05, 0) is 34.2 Å². The van der Waals surface area contributed by atoms with Crippen molar-refractivity contribution in [3.8, 4) is 0 Å². The van der Waals surface area contributed by atoms with Gasteiger partial charge in [0.25, 0.3) is 10.0 Å². The first-order valence-corrected chi connectivity index (χ1v) is 6.42. The lowest BCUT2D eigenvalue weighted by molar-refractivity contribution is -0.389. The van der Waals surface area contributed by atoms with Gasteiger partial charge in [-0.25, -0.2) is 12.4 Å². The molecule has 0 radical (unpaired) electrons. The second-order valence-corrected chi connectivity index (χ2v) is 5.56. The first-order chi connectivity index (χ1) is 8.41. The van der Waals surface area contributed by atoms with E-state index in [0.29, 0.717) is 9.00 Å². The minimum atomic E-state index is -3.88. The van der Waals surface area contributed by atoms with E-state index < -0.39 is 20.8 Å². The topological polar surface area (TPSA) is 95.1 Å². The standard InChI is InChI=1S/C9H6ClN3O4S/c10-7-1-3-8(4-2-7)18(16,17)12-5-9(11-6-12)13(14)15/h1-6H. The molecule has 0 spiro atoms. The molecule has 9 heteroatoms. The zero-order chi connectivity index (χ0) is 13.3. The van der Waals surface area contributed by atoms with Crippen molar-refractivity contribution in [1.82, 2.24) is 8.96 Å². The zero-order valence-corrected chi connectivity index (χ0v) is 10.3. The van der Waals surface area contributed by atoms with Gasteiger partial charge in [-0.15, -0.1) is 0 Å². The van der Waals surface area contributed by atoms with Crippen molar-refractivity contribution >= 4 is 27.4 Å². The Labute approximate surface area is 107 Å². The Morgan fingerprint density at radius 3 is 2.39 bits per heavy atom. The fourth-order valence-corrected chi connectivity index (χ4v) is 2.50. The number of halogens is 1. The van der Waals surface area contributed by atoms with Crippen LogP contribution in [0.4, 0.5) is 5.82 Å². The van der Waals surface area contributed by atoms with E-state index in [2.05, 4.69) is 4.98 Å². The van der Waals surface area contributed by atoms with E-state index in [9.17, 15) is 18.5 Å². The van der Waals surface area contributed by atoms with Crippen LogP contribution in [0.5, 0.6) is 0 Å². The summed E-state index contributed by atoms with van der Waals surface area (Å²) >= 11 is 5.65. The normalized spacial score (nSPS) is 11.4. The SMILES string of the molecule is O=[N+]([O-])c1cn(S(=O)(=O)c2ccc(Cl)cc2)cn1. The molecule has 0 amide bonds. The number of aromatic nitrogens is 2. The van der Waals surface area contributed by atoms with Gasteiger partial charge in [0.05, 0.1) is 4.90 Å². The highest BCUT2D eigenvalue weighted by Crippen LogP contribution is 2.18. The molecule has 0 unspecified atom stereocenters. The molecule has 18 heavy (non-hydrogen) atoms. The second kappa shape index (κ2) is 4.39. The van der Waals surface area contributed by atoms with Crippen LogP contribution in [-0.4, -0.2) is 22.3 Å². The molecule has 7 nitrogen and oxygen atoms in total. The van der Waals surface area contributed by atoms with Crippen LogP contribution in [0.25, 0.3) is 0 Å². The third kappa shape index (κ3) is 2.20. The fourth-order valence-electron chi connectivity index (χ4n) is 1.25. The van der Waals surface area contributed by atoms with E-state index in [-0.39, 0.29) is 4.90 Å². The Bertz CT molecular complexity index is 693. The molecular weight excluding hydrogens is 282 g/mol. The lowest BCUT2D eigenvalue weighted by Crippen LogP contribution is -2.10. The van der Waals surface area contributed by atoms with Crippen LogP contribution in [0, 0.1) is 10.1 Å². The third-order valence-corrected chi connectivity index (χ3v) is 4.00. The highest BCUT2D eigenvalue weighted by Gasteiger charge is 2.21. The van der Waals surface area contributed by atoms with E-state index in [1.165, 1.54) is 24.3 Å². The Morgan fingerprint density at radius 1 is 1.28 bits per heavy atom. The Hall–Kier alpha value is -1.93. The minimum Gasteiger partial charge on any atom is -0.358 e. The van der Waals surface area contributed by atoms with Gasteiger partial charge < -0.3 is 10.1 Å². The van der Waals surface area contributed by atoms with Gasteiger partial charge in [-0.1, -0.05) is 11.6 Å². The van der Waals surface area contributed by atoms with Crippen LogP contribution < -0.4 is 0 Å². The van der Waals surface area contributed by atoms with Gasteiger partial charge >= 0.3 is 5.82 Å². The van der Waals surface area contributed by atoms with Crippen molar-refractivity contribution in [3.63, 3.8) is 0 Å². The first-order valence-electron chi connectivity index (χ1n) is 4.61. The minimum absolute atomic E-state index is 0.0285. The molecular formula is C9H6ClN3O4S. The number of nitrogens with zero attached hydrogens (tertiary/aromatic N) is 3. The predicted octanol–water partition coefficient (Wildman–Crippen LogP) is 1.68. The monoisotopic (exact) mass is 287 g/mol. The van der Waals surface area contributed by atoms with Gasteiger partial charge in [-0.2, -0.15) is 0 Å². The molecule has 94 valence electrons. The van der Waals surface area contributed by atoms with E-state index >= 15 is 0 Å². The summed E-state index contributed by atoms with van der Waals surface area (Å²) in [5.41, 5.74) is 0. The van der Waals surface area contributed by atoms with E-state index in [1.54, 1.807) is 0 Å². The summed E-state index contributed by atoms with van der Waals surface area (Å²) in [6.07, 6.45) is 1.71. The summed E-state index contributed by atoms with van der Waals surface area (Å²) in [7, 11) is -3.88. The van der Waals surface area contributed by atoms with Crippen LogP contribution in [-0.2, 0) is 10.0 Å². The Balaban J connectivity index is 2.47. The number of nitro groups is 1. The van der Waals surface area contributed by atoms with Gasteiger partial charge in [0.2, 0.25) is 6.33 Å². The zero-order valence-electron chi connectivity index (χ0n) is 8.72. The molecule has 0 aliphatic rings. The van der Waals surface area contributed by atoms with Gasteiger partial charge in [0.15, 0.2) is 0 Å². The summed E-state index contributed by atoms with van der Waals surface area (Å²) in [5.74, 6) is -0.535. The molecule has 0 saturated carbocycles. The molecule has 0 aliphatic carbocycles. The molecule has 0 saturated heterocycles. The lowest BCUT2D eigenvalue weighted by Gasteiger charge is -2.02. The maximum atomic E-state index is 12.0. The van der Waals surface area contributed by atoms with Crippen molar-refractivity contribution in [2.45, 2.75) is 4.90 Å². The number of hydrogen-bond donors (Lipinski definition) is 0. The van der Waals surface area contributed by atoms with Gasteiger partial charge in [0, 0.05) is 5.02 Å². The van der Waals surface area contributed by atoms with Crippen molar-refractivity contribution in [1.29, 1.82) is 0 Å². The summed E-state index contributed by atoms with van der Waals surface area (Å²) in [6, 6.07) is 5.45. The number of hydrogen-bond acceptors (Lipinski definition) is 5. The number of imidazole rings is 1. The van der Waals surface area contributed by atoms with E-state index in [4.69, 9.17) is 11.6 Å². The molecule has 0 fully saturated rings. The largest absolute Gasteiger partial charge is 0.382 e. The fraction of sp³-hybridized carbons (Fsp3) is 0. The summed E-state index contributed by atoms with van der Waals surface area (Å²) in [4.78, 5) is 13.0. The number of benzene rings is 1. The highest BCUT2D eigenvalue weighted by atomic mass is 35.5. The van der Waals surface area contributed by atoms with Crippen molar-refractivity contribution in [2.75, 3.05) is 0 Å². The lowest BCUT2D eigenvalue weighted by atomic mass is 10.4. The van der Waals surface area contributed by atoms with Gasteiger partial charge in [-0.3, -0.25) is 0 Å². The summed E-state index contributed by atoms with van der Waals surface area (Å²) in [5, 5.41) is 10.8. The van der Waals surface area contributed by atoms with Gasteiger partial charge in [0.1, 0.15) is 6.20 Å². The summed E-state index contributed by atoms with van der Waals surface area (Å²) in [6.45, 7) is 0. The first kappa shape index (κ1) is 12.5. The molecule has 1 aromatic carbocycles. The van der Waals surface area contributed by atoms with Crippen LogP contribution >= 0.6 is 11.6 Å². The average molecular weight is 288 g/mol. The van der Waals surface area contributed by atoms with E-state index in [0.717, 1.165) is 12.5 Å². The Morgan fingerprint density at radius 2 is 1.89 bits per heavy atom. The van der Waals surface area contributed by atoms with Crippen LogP contribution in [0.2, 0.25) is 5.02 Å². The van der Waals surface area contributed by atoms with E-state index in [1.807, 2.05) is 0 Å². The average Bonchev–Trinajstić information content (AvgIpc) is 2.79. The van der Waals surface area contributed by atoms with Crippen LogP contribution in [0.15, 0.2) is 41.7 Å². The maximum Gasteiger partial charge on any atom is 0.382 e. The van der Waals surface area contributed by atoms with Crippen molar-refractivity contribution in [3.05, 3.63) is 51.9 Å². The molecule has 1 heterocycles. The second-order valence-electron chi connectivity index (χ2n) is 3.28. The van der Waals surface area contributed by atoms with Crippen LogP contribution in [0.1, 0.15) is 0 Å². The molecule has 0 N–H and O–H groups in total. The molecule has 0 bridgehead atoms. The van der Waals surface area contributed by atoms with Crippen molar-refractivity contribution < 1.29 is 13.3 Å².